The Balaban J connectivity index is 0. The molecule has 0 amide bonds. The molecule has 0 radical (unpaired) electrons. The van der Waals surface area contributed by atoms with Crippen LogP contribution in [0.2, 0.25) is 0 Å². The summed E-state index contributed by atoms with van der Waals surface area (Å²) in [4.78, 5) is 9.38. The van der Waals surface area contributed by atoms with Gasteiger partial charge >= 0.3 is 78.1 Å². The molecule has 0 aromatic heterocycles. The van der Waals surface area contributed by atoms with E-state index in [9.17, 15) is 9.26 Å². The van der Waals surface area contributed by atoms with Crippen LogP contribution in [0, 0.1) is 0 Å². The molecule has 0 aromatic rings. The van der Waals surface area contributed by atoms with Gasteiger partial charge in [-0.05, 0) is 6.26 Å². The molecule has 0 fully saturated rings. The minimum absolute atomic E-state index is 0. The molecule has 0 unspecified atom stereocenters. The summed E-state index contributed by atoms with van der Waals surface area (Å²) in [5.74, 6) is 0. The molecule has 0 bridgehead atoms. The maximum atomic E-state index is 9.38. The van der Waals surface area contributed by atoms with Crippen LogP contribution >= 0.6 is 0 Å². The average molecular weight is 236 g/mol. The second-order valence-corrected chi connectivity index (χ2v) is 1.27. The van der Waals surface area contributed by atoms with E-state index in [2.05, 4.69) is 11.0 Å². The molecule has 7 heavy (non-hydrogen) atoms. The normalized spacial score (nSPS) is 5.71. The maximum absolute atomic E-state index is 9.38. The summed E-state index contributed by atoms with van der Waals surface area (Å²) in [6.45, 7) is 3.00. The van der Waals surface area contributed by atoms with Crippen molar-refractivity contribution in [3.8, 4) is 0 Å². The zero-order valence-corrected chi connectivity index (χ0v) is 11.3. The summed E-state index contributed by atoms with van der Waals surface area (Å²) in [7, 11) is -3.00. The number of rotatable bonds is 2. The van der Waals surface area contributed by atoms with E-state index in [1.807, 2.05) is 0 Å². The van der Waals surface area contributed by atoms with Gasteiger partial charge in [-0.1, -0.05) is 6.58 Å². The summed E-state index contributed by atoms with van der Waals surface area (Å²) < 4.78 is 13.2. The van der Waals surface area contributed by atoms with Crippen molar-refractivity contribution in [3.05, 3.63) is 12.8 Å². The fourth-order valence-electron chi connectivity index (χ4n) is 0.0680. The summed E-state index contributed by atoms with van der Waals surface area (Å²) in [6, 6.07) is 0. The molecule has 0 saturated carbocycles. The smallest absolute Gasteiger partial charge is 0.562 e. The van der Waals surface area contributed by atoms with E-state index >= 15 is 0 Å². The van der Waals surface area contributed by atoms with E-state index < -0.39 is 9.17 Å². The molecule has 5 heteroatoms. The molecule has 3 nitrogen and oxygen atoms in total. The topological polar surface area (TPSA) is 49.4 Å². The van der Waals surface area contributed by atoms with Gasteiger partial charge in [0.1, 0.15) is 0 Å². The van der Waals surface area contributed by atoms with Crippen molar-refractivity contribution in [2.75, 3.05) is 0 Å². The Hall–Kier alpha value is 1.41. The first kappa shape index (κ1) is 11.2. The van der Waals surface area contributed by atoms with E-state index in [1.165, 1.54) is 0 Å². The average Bonchev–Trinajstić information content (AvgIpc) is 1.35. The van der Waals surface area contributed by atoms with Gasteiger partial charge in [-0.25, -0.2) is 0 Å². The third-order valence-electron chi connectivity index (χ3n) is 0.180. The van der Waals surface area contributed by atoms with Crippen LogP contribution < -0.4 is 73.7 Å². The second kappa shape index (κ2) is 7.41. The first-order valence-electron chi connectivity index (χ1n) is 1.26. The summed E-state index contributed by atoms with van der Waals surface area (Å²) in [5, 5.41) is 0. The van der Waals surface area contributed by atoms with Gasteiger partial charge in [0.25, 0.3) is 0 Å². The molecular weight excluding hydrogens is 233 g/mol. The Bertz CT molecular complexity index is 73.3. The molecule has 0 atom stereocenters. The molecule has 0 aromatic carbocycles. The van der Waals surface area contributed by atoms with Crippen LogP contribution in [0.3, 0.4) is 0 Å². The summed E-state index contributed by atoms with van der Waals surface area (Å²) in [6.07, 6.45) is 0.869. The second-order valence-electron chi connectivity index (χ2n) is 0.535. The van der Waals surface area contributed by atoms with Crippen molar-refractivity contribution in [1.29, 1.82) is 0 Å². The molecule has 0 aliphatic rings. The van der Waals surface area contributed by atoms with Crippen LogP contribution in [0.15, 0.2) is 12.8 Å². The predicted molar refractivity (Wildman–Crippen MR) is 17.7 cm³/mol. The predicted octanol–water partition coefficient (Wildman–Crippen LogP) is -4.07. The van der Waals surface area contributed by atoms with Crippen LogP contribution in [-0.2, 0) is 8.89 Å². The fraction of sp³-hybridized carbons (Fsp3) is 0. The third kappa shape index (κ3) is 11.2. The quantitative estimate of drug-likeness (QED) is 0.362. The first-order valence-corrected chi connectivity index (χ1v) is 2.48. The molecule has 0 heterocycles. The van der Waals surface area contributed by atoms with E-state index in [0.29, 0.717) is 0 Å². The molecule has 0 saturated heterocycles. The van der Waals surface area contributed by atoms with Crippen molar-refractivity contribution >= 4 is 9.17 Å². The zero-order valence-electron chi connectivity index (χ0n) is 4.01. The Kier molecular flexibility index (Phi) is 11.9. The first-order chi connectivity index (χ1) is 2.77. The van der Waals surface area contributed by atoms with Crippen molar-refractivity contribution in [2.24, 2.45) is 0 Å². The summed E-state index contributed by atoms with van der Waals surface area (Å²) >= 11 is 0. The minimum atomic E-state index is -3.00. The van der Waals surface area contributed by atoms with Gasteiger partial charge in [-0.15, -0.1) is 0 Å². The van der Waals surface area contributed by atoms with E-state index in [4.69, 9.17) is 0 Å². The van der Waals surface area contributed by atoms with Crippen LogP contribution in [0.25, 0.3) is 0 Å². The fourth-order valence-corrected chi connectivity index (χ4v) is 0.204. The number of hydrogen-bond acceptors (Lipinski definition) is 3. The van der Waals surface area contributed by atoms with Crippen molar-refractivity contribution in [3.63, 3.8) is 0 Å². The van der Waals surface area contributed by atoms with E-state index in [1.54, 1.807) is 0 Å². The number of hydrogen-bond donors (Lipinski definition) is 0. The van der Waals surface area contributed by atoms with Crippen LogP contribution in [0.5, 0.6) is 0 Å². The van der Waals surface area contributed by atoms with E-state index in [-0.39, 0.29) is 68.9 Å². The molecule has 0 aliphatic heterocycles. The van der Waals surface area contributed by atoms with Gasteiger partial charge in [0, 0.05) is 0 Å². The summed E-state index contributed by atoms with van der Waals surface area (Å²) in [5.41, 5.74) is 0. The van der Waals surface area contributed by atoms with Crippen LogP contribution in [-0.4, -0.2) is 9.17 Å². The zero-order chi connectivity index (χ0) is 4.99. The van der Waals surface area contributed by atoms with Crippen LogP contribution in [0.4, 0.5) is 0 Å². The van der Waals surface area contributed by atoms with Gasteiger partial charge in [-0.2, -0.15) is 0 Å². The van der Waals surface area contributed by atoms with Crippen LogP contribution in [0.1, 0.15) is 0 Å². The Morgan fingerprint density at radius 1 is 1.86 bits per heavy atom. The Morgan fingerprint density at radius 3 is 2.29 bits per heavy atom. The molecular formula is C2H3CsO3Si. The van der Waals surface area contributed by atoms with Gasteiger partial charge in [0.15, 0.2) is 0 Å². The monoisotopic (exact) mass is 236 g/mol. The Labute approximate surface area is 102 Å². The molecule has 0 N–H and O–H groups in total. The van der Waals surface area contributed by atoms with Gasteiger partial charge in [-0.3, -0.25) is 0 Å². The largest absolute Gasteiger partial charge is 1.00 e. The van der Waals surface area contributed by atoms with Gasteiger partial charge in [0.2, 0.25) is 0 Å². The standard InChI is InChI=1S/C2H3O3Si.Cs/c1-2-5-6(3)4;/h2H,1H2;/q-1;+1. The maximum Gasteiger partial charge on any atom is 1.00 e. The SMILES string of the molecule is C=CO[Si](=O)[O-].[Cs+]. The van der Waals surface area contributed by atoms with Gasteiger partial charge < -0.3 is 13.7 Å². The van der Waals surface area contributed by atoms with E-state index in [0.717, 1.165) is 6.26 Å². The minimum Gasteiger partial charge on any atom is -0.562 e. The third-order valence-corrected chi connectivity index (χ3v) is 0.539. The van der Waals surface area contributed by atoms with Crippen molar-refractivity contribution in [1.82, 2.24) is 0 Å². The molecule has 34 valence electrons. The van der Waals surface area contributed by atoms with Gasteiger partial charge in [0.05, 0.1) is 0 Å². The van der Waals surface area contributed by atoms with Crippen molar-refractivity contribution in [2.45, 2.75) is 0 Å². The Morgan fingerprint density at radius 2 is 2.29 bits per heavy atom. The molecule has 0 spiro atoms. The molecule has 0 aliphatic carbocycles. The van der Waals surface area contributed by atoms with Crippen molar-refractivity contribution < 1.29 is 82.6 Å². The molecule has 0 rings (SSSR count).